The average molecular weight is 742 g/mol. The van der Waals surface area contributed by atoms with Gasteiger partial charge in [-0.25, -0.2) is 35.9 Å². The van der Waals surface area contributed by atoms with Gasteiger partial charge in [-0.1, -0.05) is 80.4 Å². The molecule has 0 fully saturated rings. The summed E-state index contributed by atoms with van der Waals surface area (Å²) in [7, 11) is -7.93. The van der Waals surface area contributed by atoms with Crippen molar-refractivity contribution in [3.8, 4) is 0 Å². The average Bonchev–Trinajstić information content (AvgIpc) is 2.92. The molecule has 4 rings (SSSR count). The van der Waals surface area contributed by atoms with Gasteiger partial charge in [-0.3, -0.25) is 4.79 Å². The van der Waals surface area contributed by atoms with Crippen molar-refractivity contribution >= 4 is 57.7 Å². The van der Waals surface area contributed by atoms with Crippen molar-refractivity contribution in [2.75, 3.05) is 0 Å². The normalized spacial score (nSPS) is 15.0. The maximum atomic E-state index is 14.6. The Bertz CT molecular complexity index is 1690. The highest BCUT2D eigenvalue weighted by molar-refractivity contribution is 9.09. The van der Waals surface area contributed by atoms with Gasteiger partial charge in [0.25, 0.3) is 0 Å². The Labute approximate surface area is 259 Å². The number of hydrogen-bond donors (Lipinski definition) is 2. The number of halogens is 4. The van der Waals surface area contributed by atoms with Gasteiger partial charge in [-0.15, -0.1) is 0 Å². The van der Waals surface area contributed by atoms with E-state index in [0.29, 0.717) is 22.3 Å². The monoisotopic (exact) mass is 740 g/mol. The molecule has 220 valence electrons. The number of sulfonamides is 2. The second-order valence-electron chi connectivity index (χ2n) is 9.50. The van der Waals surface area contributed by atoms with E-state index >= 15 is 0 Å². The lowest BCUT2D eigenvalue weighted by atomic mass is 9.78. The van der Waals surface area contributed by atoms with Crippen LogP contribution in [0.5, 0.6) is 0 Å². The number of hydrogen-bond acceptors (Lipinski definition) is 5. The molecule has 4 unspecified atom stereocenters. The Balaban J connectivity index is 1.85. The maximum absolute atomic E-state index is 14.6. The van der Waals surface area contributed by atoms with Crippen LogP contribution in [0.2, 0.25) is 0 Å². The molecule has 4 aromatic rings. The number of carbonyl (C=O) groups excluding carboxylic acids is 1. The molecule has 0 saturated carbocycles. The molecular formula is C29H24Br2F2N2O5S2. The van der Waals surface area contributed by atoms with E-state index in [0.717, 1.165) is 0 Å². The van der Waals surface area contributed by atoms with E-state index in [4.69, 9.17) is 10.3 Å². The fourth-order valence-electron chi connectivity index (χ4n) is 4.62. The third kappa shape index (κ3) is 7.39. The third-order valence-corrected chi connectivity index (χ3v) is 10.6. The van der Waals surface area contributed by atoms with Crippen molar-refractivity contribution in [2.24, 2.45) is 10.3 Å². The molecule has 0 aliphatic rings. The summed E-state index contributed by atoms with van der Waals surface area (Å²) in [6, 6.07) is 22.2. The first kappa shape index (κ1) is 32.1. The summed E-state index contributed by atoms with van der Waals surface area (Å²) in [5.74, 6) is -3.67. The molecule has 0 aliphatic carbocycles. The fourth-order valence-corrected chi connectivity index (χ4v) is 7.39. The summed E-state index contributed by atoms with van der Waals surface area (Å²) in [5.41, 5.74) is 1.66. The lowest BCUT2D eigenvalue weighted by molar-refractivity contribution is -0.122. The minimum absolute atomic E-state index is 0.124. The van der Waals surface area contributed by atoms with Crippen LogP contribution in [0.15, 0.2) is 107 Å². The van der Waals surface area contributed by atoms with Crippen LogP contribution in [-0.2, 0) is 24.8 Å². The van der Waals surface area contributed by atoms with Gasteiger partial charge in [0.05, 0.1) is 31.3 Å². The van der Waals surface area contributed by atoms with E-state index in [9.17, 15) is 30.4 Å². The Morgan fingerprint density at radius 3 is 1.19 bits per heavy atom. The van der Waals surface area contributed by atoms with Gasteiger partial charge in [0.15, 0.2) is 5.78 Å². The Hall–Kier alpha value is -2.81. The molecule has 13 heteroatoms. The first-order chi connectivity index (χ1) is 19.7. The summed E-state index contributed by atoms with van der Waals surface area (Å²) >= 11 is 7.18. The lowest BCUT2D eigenvalue weighted by Gasteiger charge is -2.30. The van der Waals surface area contributed by atoms with Crippen LogP contribution >= 0.6 is 31.9 Å². The van der Waals surface area contributed by atoms with Crippen LogP contribution in [0.1, 0.15) is 43.7 Å². The van der Waals surface area contributed by atoms with Gasteiger partial charge in [0, 0.05) is 0 Å². The number of rotatable bonds is 10. The van der Waals surface area contributed by atoms with E-state index < -0.39 is 59.0 Å². The number of benzene rings is 4. The predicted octanol–water partition coefficient (Wildman–Crippen LogP) is 5.97. The van der Waals surface area contributed by atoms with Gasteiger partial charge < -0.3 is 0 Å². The highest BCUT2D eigenvalue weighted by atomic mass is 79.9. The topological polar surface area (TPSA) is 137 Å². The Kier molecular flexibility index (Phi) is 9.80. The molecule has 0 saturated heterocycles. The van der Waals surface area contributed by atoms with Gasteiger partial charge in [0.2, 0.25) is 20.0 Å². The Morgan fingerprint density at radius 2 is 0.905 bits per heavy atom. The fraction of sp³-hybridized carbons (Fsp3) is 0.138. The van der Waals surface area contributed by atoms with Crippen LogP contribution in [0.25, 0.3) is 0 Å². The number of carbonyl (C=O) groups is 1. The molecule has 0 bridgehead atoms. The van der Waals surface area contributed by atoms with Crippen molar-refractivity contribution in [2.45, 2.75) is 31.3 Å². The van der Waals surface area contributed by atoms with Crippen molar-refractivity contribution in [1.82, 2.24) is 0 Å². The van der Waals surface area contributed by atoms with Gasteiger partial charge in [-0.2, -0.15) is 0 Å². The molecular weight excluding hydrogens is 718 g/mol. The standard InChI is InChI=1S/C29H24Br2F2N2O5S2/c30-27(17-7-11-23(12-8-17)41(34,37)38)25(19-3-1-5-21(32)15-19)29(36)26(20-4-2-6-22(33)16-20)28(31)18-9-13-24(14-10-18)42(35,39)40/h1-16,25-28H,(H2,34,37,38)(H2,35,39,40). The zero-order valence-corrected chi connectivity index (χ0v) is 26.4. The first-order valence-corrected chi connectivity index (χ1v) is 17.2. The summed E-state index contributed by atoms with van der Waals surface area (Å²) in [6.07, 6.45) is 0. The van der Waals surface area contributed by atoms with E-state index in [2.05, 4.69) is 31.9 Å². The molecule has 0 radical (unpaired) electrons. The molecule has 0 amide bonds. The number of ketones is 1. The van der Waals surface area contributed by atoms with Gasteiger partial charge in [-0.05, 0) is 70.8 Å². The van der Waals surface area contributed by atoms with E-state index in [1.165, 1.54) is 84.9 Å². The van der Waals surface area contributed by atoms with Crippen LogP contribution in [0.3, 0.4) is 0 Å². The van der Waals surface area contributed by atoms with Crippen molar-refractivity contribution in [1.29, 1.82) is 0 Å². The molecule has 0 spiro atoms. The largest absolute Gasteiger partial charge is 0.298 e. The SMILES string of the molecule is NS(=O)(=O)c1ccc(C(Br)C(C(=O)C(c2cccc(F)c2)C(Br)c2ccc(S(N)(=O)=O)cc2)c2cccc(F)c2)cc1. The highest BCUT2D eigenvalue weighted by Crippen LogP contribution is 2.47. The molecule has 0 heterocycles. The highest BCUT2D eigenvalue weighted by Gasteiger charge is 2.39. The number of nitrogens with two attached hydrogens (primary N) is 2. The summed E-state index contributed by atoms with van der Waals surface area (Å²) in [6.45, 7) is 0. The zero-order valence-electron chi connectivity index (χ0n) is 21.6. The smallest absolute Gasteiger partial charge is 0.238 e. The van der Waals surface area contributed by atoms with Gasteiger partial charge >= 0.3 is 0 Å². The quantitative estimate of drug-likeness (QED) is 0.193. The third-order valence-electron chi connectivity index (χ3n) is 6.67. The first-order valence-electron chi connectivity index (χ1n) is 12.2. The molecule has 7 nitrogen and oxygen atoms in total. The molecule has 0 aromatic heterocycles. The number of alkyl halides is 2. The Morgan fingerprint density at radius 1 is 0.571 bits per heavy atom. The van der Waals surface area contributed by atoms with Gasteiger partial charge in [0.1, 0.15) is 11.6 Å². The van der Waals surface area contributed by atoms with Crippen molar-refractivity contribution in [3.05, 3.63) is 131 Å². The summed E-state index contributed by atoms with van der Waals surface area (Å²) in [5, 5.41) is 10.5. The summed E-state index contributed by atoms with van der Waals surface area (Å²) in [4.78, 5) is 12.8. The molecule has 4 N–H and O–H groups in total. The maximum Gasteiger partial charge on any atom is 0.238 e. The van der Waals surface area contributed by atoms with Crippen LogP contribution in [-0.4, -0.2) is 22.6 Å². The van der Waals surface area contributed by atoms with E-state index in [1.807, 2.05) is 0 Å². The van der Waals surface area contributed by atoms with Crippen molar-refractivity contribution < 1.29 is 30.4 Å². The van der Waals surface area contributed by atoms with Crippen molar-refractivity contribution in [3.63, 3.8) is 0 Å². The minimum Gasteiger partial charge on any atom is -0.298 e. The second kappa shape index (κ2) is 12.8. The second-order valence-corrected chi connectivity index (χ2v) is 14.6. The molecule has 0 aliphatic heterocycles. The molecule has 42 heavy (non-hydrogen) atoms. The lowest BCUT2D eigenvalue weighted by Crippen LogP contribution is -2.27. The van der Waals surface area contributed by atoms with Crippen LogP contribution < -0.4 is 10.3 Å². The van der Waals surface area contributed by atoms with Crippen LogP contribution in [0, 0.1) is 11.6 Å². The predicted molar refractivity (Wildman–Crippen MR) is 162 cm³/mol. The number of Topliss-reactive ketones (excluding diaryl/α,β-unsaturated/α-hetero) is 1. The summed E-state index contributed by atoms with van der Waals surface area (Å²) < 4.78 is 76.0. The van der Waals surface area contributed by atoms with Crippen LogP contribution in [0.4, 0.5) is 8.78 Å². The minimum atomic E-state index is -3.97. The molecule has 4 atom stereocenters. The molecule has 4 aromatic carbocycles. The number of primary sulfonamides is 2. The van der Waals surface area contributed by atoms with E-state index in [-0.39, 0.29) is 9.79 Å². The zero-order chi connectivity index (χ0) is 30.8. The van der Waals surface area contributed by atoms with E-state index in [1.54, 1.807) is 12.1 Å².